The molecular formula is C25H22ClF4N3O. The van der Waals surface area contributed by atoms with Crippen LogP contribution in [0.4, 0.5) is 22.4 Å². The highest BCUT2D eigenvalue weighted by molar-refractivity contribution is 6.30. The van der Waals surface area contributed by atoms with Crippen LogP contribution in [-0.2, 0) is 18.1 Å². The molecule has 1 atom stereocenters. The van der Waals surface area contributed by atoms with Gasteiger partial charge in [0.25, 0.3) is 0 Å². The molecule has 178 valence electrons. The molecule has 2 aromatic carbocycles. The molecule has 0 spiro atoms. The first-order valence-corrected chi connectivity index (χ1v) is 11.2. The van der Waals surface area contributed by atoms with Crippen LogP contribution in [0.1, 0.15) is 41.6 Å². The fourth-order valence-corrected chi connectivity index (χ4v) is 4.13. The molecule has 1 saturated carbocycles. The van der Waals surface area contributed by atoms with Crippen LogP contribution in [0.15, 0.2) is 66.9 Å². The molecule has 0 saturated heterocycles. The second-order valence-electron chi connectivity index (χ2n) is 8.38. The number of nitrogens with one attached hydrogen (secondary N) is 2. The highest BCUT2D eigenvalue weighted by atomic mass is 35.5. The zero-order valence-corrected chi connectivity index (χ0v) is 18.8. The number of halogens is 5. The van der Waals surface area contributed by atoms with E-state index in [9.17, 15) is 22.4 Å². The zero-order valence-electron chi connectivity index (χ0n) is 18.0. The lowest BCUT2D eigenvalue weighted by Crippen LogP contribution is -2.55. The van der Waals surface area contributed by atoms with Gasteiger partial charge in [-0.25, -0.2) is 9.18 Å². The third kappa shape index (κ3) is 5.33. The van der Waals surface area contributed by atoms with Gasteiger partial charge in [0.1, 0.15) is 11.4 Å². The van der Waals surface area contributed by atoms with Crippen molar-refractivity contribution in [3.8, 4) is 0 Å². The Morgan fingerprint density at radius 2 is 1.74 bits per heavy atom. The van der Waals surface area contributed by atoms with Crippen molar-refractivity contribution in [2.45, 2.75) is 43.4 Å². The number of rotatable bonds is 6. The molecule has 3 aromatic rings. The van der Waals surface area contributed by atoms with Gasteiger partial charge in [-0.15, -0.1) is 0 Å². The number of nitrogens with zero attached hydrogens (tertiary/aromatic N) is 1. The Balaban J connectivity index is 1.90. The number of carbonyl (C=O) groups excluding carboxylic acids is 1. The molecule has 1 fully saturated rings. The Kier molecular flexibility index (Phi) is 6.79. The Hall–Kier alpha value is -3.13. The van der Waals surface area contributed by atoms with Crippen LogP contribution in [0.2, 0.25) is 5.02 Å². The van der Waals surface area contributed by atoms with E-state index in [1.165, 1.54) is 18.3 Å². The fraction of sp³-hybridized carbons (Fsp3) is 0.280. The van der Waals surface area contributed by atoms with Crippen LogP contribution >= 0.6 is 11.6 Å². The van der Waals surface area contributed by atoms with E-state index in [2.05, 4.69) is 15.6 Å². The number of carbonyl (C=O) groups is 1. The van der Waals surface area contributed by atoms with Crippen molar-refractivity contribution in [2.24, 2.45) is 0 Å². The monoisotopic (exact) mass is 491 g/mol. The molecule has 1 aliphatic rings. The van der Waals surface area contributed by atoms with Crippen molar-refractivity contribution < 1.29 is 22.4 Å². The number of amides is 2. The van der Waals surface area contributed by atoms with Gasteiger partial charge in [-0.2, -0.15) is 13.2 Å². The van der Waals surface area contributed by atoms with Crippen LogP contribution in [-0.4, -0.2) is 17.1 Å². The van der Waals surface area contributed by atoms with E-state index in [0.29, 0.717) is 16.7 Å². The third-order valence-corrected chi connectivity index (χ3v) is 6.19. The first-order valence-electron chi connectivity index (χ1n) is 10.8. The fourth-order valence-electron chi connectivity index (χ4n) is 4.02. The van der Waals surface area contributed by atoms with Crippen LogP contribution in [0.25, 0.3) is 0 Å². The standard InChI is InChI=1S/C25H22ClF4N3O/c26-19-9-10-22(31-15-19)24(14-16-5-2-1-3-6-16,33-23(34)32-21-7-4-8-21)17-11-18(25(28,29)30)13-20(27)12-17/h1-3,5-6,9-13,15,21H,4,7-8,14H2,(H2,32,33,34)/t24-/m0/s1. The van der Waals surface area contributed by atoms with E-state index in [1.807, 2.05) is 0 Å². The molecule has 1 heterocycles. The van der Waals surface area contributed by atoms with E-state index < -0.39 is 29.1 Å². The highest BCUT2D eigenvalue weighted by Gasteiger charge is 2.41. The Morgan fingerprint density at radius 3 is 2.32 bits per heavy atom. The predicted molar refractivity (Wildman–Crippen MR) is 121 cm³/mol. The molecule has 2 N–H and O–H groups in total. The van der Waals surface area contributed by atoms with Gasteiger partial charge >= 0.3 is 12.2 Å². The minimum absolute atomic E-state index is 0.0224. The van der Waals surface area contributed by atoms with Crippen LogP contribution in [0.5, 0.6) is 0 Å². The SMILES string of the molecule is O=C(NC1CCC1)N[C@@](Cc1ccccc1)(c1cc(F)cc(C(F)(F)F)c1)c1ccc(Cl)cn1. The van der Waals surface area contributed by atoms with E-state index >= 15 is 0 Å². The number of urea groups is 1. The van der Waals surface area contributed by atoms with E-state index in [-0.39, 0.29) is 23.7 Å². The summed E-state index contributed by atoms with van der Waals surface area (Å²) in [6.45, 7) is 0. The minimum atomic E-state index is -4.78. The quantitative estimate of drug-likeness (QED) is 0.401. The maximum atomic E-state index is 14.5. The van der Waals surface area contributed by atoms with E-state index in [4.69, 9.17) is 11.6 Å². The minimum Gasteiger partial charge on any atom is -0.335 e. The Morgan fingerprint density at radius 1 is 1.03 bits per heavy atom. The predicted octanol–water partition coefficient (Wildman–Crippen LogP) is 6.23. The van der Waals surface area contributed by atoms with E-state index in [1.54, 1.807) is 30.3 Å². The third-order valence-electron chi connectivity index (χ3n) is 5.96. The van der Waals surface area contributed by atoms with Crippen molar-refractivity contribution >= 4 is 17.6 Å². The van der Waals surface area contributed by atoms with Gasteiger partial charge in [-0.3, -0.25) is 4.98 Å². The van der Waals surface area contributed by atoms with Gasteiger partial charge in [-0.05, 0) is 60.7 Å². The molecule has 0 radical (unpaired) electrons. The molecule has 9 heteroatoms. The van der Waals surface area contributed by atoms with Gasteiger partial charge in [0.05, 0.1) is 16.3 Å². The summed E-state index contributed by atoms with van der Waals surface area (Å²) >= 11 is 6.01. The summed E-state index contributed by atoms with van der Waals surface area (Å²) in [6.07, 6.45) is -0.797. The molecule has 1 aliphatic carbocycles. The number of pyridine rings is 1. The van der Waals surface area contributed by atoms with Gasteiger partial charge in [0, 0.05) is 18.7 Å². The lowest BCUT2D eigenvalue weighted by molar-refractivity contribution is -0.137. The zero-order chi connectivity index (χ0) is 24.3. The largest absolute Gasteiger partial charge is 0.416 e. The number of benzene rings is 2. The molecule has 2 amide bonds. The molecule has 1 aromatic heterocycles. The maximum Gasteiger partial charge on any atom is 0.416 e. The van der Waals surface area contributed by atoms with Crippen molar-refractivity contribution in [2.75, 3.05) is 0 Å². The van der Waals surface area contributed by atoms with Crippen molar-refractivity contribution in [1.29, 1.82) is 0 Å². The number of alkyl halides is 3. The maximum absolute atomic E-state index is 14.5. The Bertz CT molecular complexity index is 1150. The molecule has 0 bridgehead atoms. The van der Waals surface area contributed by atoms with Crippen LogP contribution in [0.3, 0.4) is 0 Å². The molecule has 4 rings (SSSR count). The smallest absolute Gasteiger partial charge is 0.335 e. The average molecular weight is 492 g/mol. The summed E-state index contributed by atoms with van der Waals surface area (Å²) in [5.41, 5.74) is -1.91. The van der Waals surface area contributed by atoms with Gasteiger partial charge in [0.15, 0.2) is 0 Å². The number of hydrogen-bond donors (Lipinski definition) is 2. The number of hydrogen-bond acceptors (Lipinski definition) is 2. The summed E-state index contributed by atoms with van der Waals surface area (Å²) in [4.78, 5) is 17.4. The summed E-state index contributed by atoms with van der Waals surface area (Å²) in [5.74, 6) is -1.07. The van der Waals surface area contributed by atoms with Gasteiger partial charge in [0.2, 0.25) is 0 Å². The van der Waals surface area contributed by atoms with Gasteiger partial charge < -0.3 is 10.6 Å². The normalized spacial score (nSPS) is 15.8. The summed E-state index contributed by atoms with van der Waals surface area (Å²) < 4.78 is 55.4. The van der Waals surface area contributed by atoms with Crippen molar-refractivity contribution in [1.82, 2.24) is 15.6 Å². The van der Waals surface area contributed by atoms with Crippen molar-refractivity contribution in [3.05, 3.63) is 100 Å². The van der Waals surface area contributed by atoms with Crippen LogP contribution < -0.4 is 10.6 Å². The lowest BCUT2D eigenvalue weighted by atomic mass is 9.79. The topological polar surface area (TPSA) is 54.0 Å². The highest BCUT2D eigenvalue weighted by Crippen LogP contribution is 2.38. The number of aromatic nitrogens is 1. The summed E-state index contributed by atoms with van der Waals surface area (Å²) in [7, 11) is 0. The second-order valence-corrected chi connectivity index (χ2v) is 8.82. The molecule has 0 unspecified atom stereocenters. The summed E-state index contributed by atoms with van der Waals surface area (Å²) in [5, 5.41) is 6.01. The molecule has 0 aliphatic heterocycles. The van der Waals surface area contributed by atoms with Gasteiger partial charge in [-0.1, -0.05) is 41.9 Å². The molecular weight excluding hydrogens is 470 g/mol. The van der Waals surface area contributed by atoms with Crippen molar-refractivity contribution in [3.63, 3.8) is 0 Å². The lowest BCUT2D eigenvalue weighted by Gasteiger charge is -2.37. The second kappa shape index (κ2) is 9.62. The average Bonchev–Trinajstić information content (AvgIpc) is 2.76. The molecule has 34 heavy (non-hydrogen) atoms. The first-order chi connectivity index (χ1) is 16.2. The first kappa shape index (κ1) is 24.0. The van der Waals surface area contributed by atoms with E-state index in [0.717, 1.165) is 31.4 Å². The van der Waals surface area contributed by atoms with Crippen LogP contribution in [0, 0.1) is 5.82 Å². The molecule has 4 nitrogen and oxygen atoms in total. The Labute approximate surface area is 199 Å². The summed E-state index contributed by atoms with van der Waals surface area (Å²) in [6, 6.07) is 13.6.